The molecule has 4 heteroatoms. The predicted molar refractivity (Wildman–Crippen MR) is 117 cm³/mol. The van der Waals surface area contributed by atoms with E-state index in [4.69, 9.17) is 0 Å². The summed E-state index contributed by atoms with van der Waals surface area (Å²) < 4.78 is 0. The second kappa shape index (κ2) is 14.2. The number of hydrogen-bond acceptors (Lipinski definition) is 2. The molecular weight excluding hydrogens is 348 g/mol. The molecule has 2 atom stereocenters. The zero-order valence-corrected chi connectivity index (χ0v) is 18.4. The van der Waals surface area contributed by atoms with E-state index in [2.05, 4.69) is 31.3 Å². The van der Waals surface area contributed by atoms with Gasteiger partial charge in [-0.1, -0.05) is 70.4 Å². The summed E-state index contributed by atoms with van der Waals surface area (Å²) in [6, 6.07) is 10.3. The van der Waals surface area contributed by atoms with Crippen molar-refractivity contribution >= 4 is 11.8 Å². The van der Waals surface area contributed by atoms with Crippen LogP contribution in [0.5, 0.6) is 0 Å². The number of carbonyl (C=O) groups is 2. The first-order valence-electron chi connectivity index (χ1n) is 11.1. The normalized spacial score (nSPS) is 13.0. The number of unbranched alkanes of at least 4 members (excludes halogenated alkanes) is 3. The molecule has 2 amide bonds. The van der Waals surface area contributed by atoms with Gasteiger partial charge in [0, 0.05) is 31.5 Å². The van der Waals surface area contributed by atoms with Crippen LogP contribution in [0.25, 0.3) is 0 Å². The summed E-state index contributed by atoms with van der Waals surface area (Å²) in [4.78, 5) is 26.9. The highest BCUT2D eigenvalue weighted by molar-refractivity contribution is 5.79. The smallest absolute Gasteiger partial charge is 0.223 e. The fraction of sp³-hybridized carbons (Fsp3) is 0.667. The summed E-state index contributed by atoms with van der Waals surface area (Å²) in [6.07, 6.45) is 7.61. The van der Waals surface area contributed by atoms with Crippen LogP contribution in [0.4, 0.5) is 0 Å². The van der Waals surface area contributed by atoms with Crippen LogP contribution < -0.4 is 5.32 Å². The Morgan fingerprint density at radius 2 is 1.68 bits per heavy atom. The number of carbonyl (C=O) groups excluding carboxylic acids is 2. The zero-order valence-electron chi connectivity index (χ0n) is 18.4. The maximum Gasteiger partial charge on any atom is 0.223 e. The minimum absolute atomic E-state index is 0.0790. The molecule has 1 N–H and O–H groups in total. The van der Waals surface area contributed by atoms with Crippen molar-refractivity contribution in [2.75, 3.05) is 13.1 Å². The maximum atomic E-state index is 12.5. The van der Waals surface area contributed by atoms with E-state index in [0.717, 1.165) is 32.2 Å². The molecule has 0 spiro atoms. The Bertz CT molecular complexity index is 559. The molecule has 0 bridgehead atoms. The molecule has 1 rings (SSSR count). The van der Waals surface area contributed by atoms with Gasteiger partial charge in [0.2, 0.25) is 11.8 Å². The van der Waals surface area contributed by atoms with Crippen molar-refractivity contribution in [1.82, 2.24) is 10.2 Å². The summed E-state index contributed by atoms with van der Waals surface area (Å²) in [7, 11) is 0. The fourth-order valence-corrected chi connectivity index (χ4v) is 3.38. The lowest BCUT2D eigenvalue weighted by Gasteiger charge is -2.24. The largest absolute Gasteiger partial charge is 0.353 e. The summed E-state index contributed by atoms with van der Waals surface area (Å²) >= 11 is 0. The third-order valence-electron chi connectivity index (χ3n) is 5.14. The lowest BCUT2D eigenvalue weighted by molar-refractivity contribution is -0.132. The first-order chi connectivity index (χ1) is 13.5. The van der Waals surface area contributed by atoms with Crippen LogP contribution in [0.2, 0.25) is 0 Å². The molecule has 0 radical (unpaired) electrons. The van der Waals surface area contributed by atoms with Crippen LogP contribution in [-0.2, 0) is 16.0 Å². The Labute approximate surface area is 172 Å². The molecular formula is C24H40N2O2. The first-order valence-corrected chi connectivity index (χ1v) is 11.1. The number of rotatable bonds is 14. The van der Waals surface area contributed by atoms with Gasteiger partial charge in [0.05, 0.1) is 0 Å². The lowest BCUT2D eigenvalue weighted by atomic mass is 10.0. The van der Waals surface area contributed by atoms with E-state index in [9.17, 15) is 9.59 Å². The average molecular weight is 389 g/mol. The van der Waals surface area contributed by atoms with E-state index in [1.54, 1.807) is 0 Å². The van der Waals surface area contributed by atoms with Gasteiger partial charge in [-0.25, -0.2) is 0 Å². The Kier molecular flexibility index (Phi) is 12.3. The number of hydrogen-bond donors (Lipinski definition) is 1. The minimum atomic E-state index is -0.0922. The van der Waals surface area contributed by atoms with Gasteiger partial charge in [-0.15, -0.1) is 0 Å². The van der Waals surface area contributed by atoms with Crippen LogP contribution >= 0.6 is 0 Å². The molecule has 0 saturated carbocycles. The van der Waals surface area contributed by atoms with Gasteiger partial charge >= 0.3 is 0 Å². The van der Waals surface area contributed by atoms with Crippen LogP contribution in [0, 0.1) is 5.92 Å². The van der Waals surface area contributed by atoms with Crippen LogP contribution in [-0.4, -0.2) is 35.8 Å². The predicted octanol–water partition coefficient (Wildman–Crippen LogP) is 4.97. The van der Waals surface area contributed by atoms with Crippen molar-refractivity contribution in [3.63, 3.8) is 0 Å². The second-order valence-electron chi connectivity index (χ2n) is 7.98. The zero-order chi connectivity index (χ0) is 20.8. The molecule has 0 unspecified atom stereocenters. The molecule has 4 nitrogen and oxygen atoms in total. The minimum Gasteiger partial charge on any atom is -0.353 e. The highest BCUT2D eigenvalue weighted by atomic mass is 16.2. The van der Waals surface area contributed by atoms with E-state index in [1.807, 2.05) is 36.9 Å². The van der Waals surface area contributed by atoms with Gasteiger partial charge < -0.3 is 10.2 Å². The van der Waals surface area contributed by atoms with Crippen molar-refractivity contribution in [2.24, 2.45) is 5.92 Å². The molecule has 1 aromatic rings. The summed E-state index contributed by atoms with van der Waals surface area (Å²) in [5.74, 6) is 0.226. The van der Waals surface area contributed by atoms with Crippen molar-refractivity contribution in [3.8, 4) is 0 Å². The Morgan fingerprint density at radius 1 is 0.964 bits per heavy atom. The Balaban J connectivity index is 2.39. The monoisotopic (exact) mass is 388 g/mol. The molecule has 0 saturated heterocycles. The van der Waals surface area contributed by atoms with Gasteiger partial charge in [0.1, 0.15) is 0 Å². The number of amides is 2. The molecule has 0 aliphatic rings. The van der Waals surface area contributed by atoms with Crippen LogP contribution in [0.1, 0.15) is 78.2 Å². The van der Waals surface area contributed by atoms with Gasteiger partial charge in [-0.2, -0.15) is 0 Å². The molecule has 0 heterocycles. The number of nitrogens with one attached hydrogen (secondary N) is 1. The van der Waals surface area contributed by atoms with E-state index in [0.29, 0.717) is 19.4 Å². The van der Waals surface area contributed by atoms with Gasteiger partial charge in [0.25, 0.3) is 0 Å². The van der Waals surface area contributed by atoms with Gasteiger partial charge in [-0.05, 0) is 38.2 Å². The van der Waals surface area contributed by atoms with Crippen molar-refractivity contribution in [3.05, 3.63) is 35.9 Å². The average Bonchev–Trinajstić information content (AvgIpc) is 2.68. The van der Waals surface area contributed by atoms with E-state index < -0.39 is 0 Å². The molecule has 1 aromatic carbocycles. The van der Waals surface area contributed by atoms with E-state index in [1.165, 1.54) is 18.4 Å². The topological polar surface area (TPSA) is 49.4 Å². The second-order valence-corrected chi connectivity index (χ2v) is 7.98. The SMILES string of the molecule is CCCCCCC(=O)N(CCC)CC[C@H](C)C(=O)N[C@@H](C)Cc1ccccc1. The molecule has 0 fully saturated rings. The van der Waals surface area contributed by atoms with Crippen LogP contribution in [0.15, 0.2) is 30.3 Å². The summed E-state index contributed by atoms with van der Waals surface area (Å²) in [5.41, 5.74) is 1.23. The highest BCUT2D eigenvalue weighted by Gasteiger charge is 2.19. The first kappa shape index (κ1) is 24.2. The third kappa shape index (κ3) is 9.91. The summed E-state index contributed by atoms with van der Waals surface area (Å²) in [6.45, 7) is 9.73. The van der Waals surface area contributed by atoms with Crippen molar-refractivity contribution in [1.29, 1.82) is 0 Å². The van der Waals surface area contributed by atoms with E-state index in [-0.39, 0.29) is 23.8 Å². The van der Waals surface area contributed by atoms with Crippen molar-refractivity contribution < 1.29 is 9.59 Å². The van der Waals surface area contributed by atoms with Gasteiger partial charge in [0.15, 0.2) is 0 Å². The highest BCUT2D eigenvalue weighted by Crippen LogP contribution is 2.10. The third-order valence-corrected chi connectivity index (χ3v) is 5.14. The molecule has 0 aliphatic carbocycles. The molecule has 0 aliphatic heterocycles. The molecule has 158 valence electrons. The molecule has 0 aromatic heterocycles. The van der Waals surface area contributed by atoms with E-state index >= 15 is 0 Å². The summed E-state index contributed by atoms with van der Waals surface area (Å²) in [5, 5.41) is 3.12. The number of nitrogens with zero attached hydrogens (tertiary/aromatic N) is 1. The van der Waals surface area contributed by atoms with Crippen LogP contribution in [0.3, 0.4) is 0 Å². The Morgan fingerprint density at radius 3 is 2.32 bits per heavy atom. The Hall–Kier alpha value is -1.84. The standard InChI is InChI=1S/C24H40N2O2/c1-5-7-8-12-15-23(27)26(17-6-2)18-16-20(3)24(28)25-21(4)19-22-13-10-9-11-14-22/h9-11,13-14,20-21H,5-8,12,15-19H2,1-4H3,(H,25,28)/t20-,21-/m0/s1. The van der Waals surface area contributed by atoms with Gasteiger partial charge in [-0.3, -0.25) is 9.59 Å². The lowest BCUT2D eigenvalue weighted by Crippen LogP contribution is -2.39. The molecule has 28 heavy (non-hydrogen) atoms. The fourth-order valence-electron chi connectivity index (χ4n) is 3.38. The van der Waals surface area contributed by atoms with Crippen molar-refractivity contribution in [2.45, 2.75) is 85.1 Å². The number of benzene rings is 1. The quantitative estimate of drug-likeness (QED) is 0.458. The maximum absolute atomic E-state index is 12.5.